The maximum Gasteiger partial charge on any atom is 0.424 e. The van der Waals surface area contributed by atoms with Gasteiger partial charge in [-0.1, -0.05) is 0 Å². The monoisotopic (exact) mass is 602 g/mol. The van der Waals surface area contributed by atoms with E-state index in [9.17, 15) is 32.6 Å². The summed E-state index contributed by atoms with van der Waals surface area (Å²) in [6, 6.07) is 9.15. The molecule has 0 radical (unpaired) electrons. The van der Waals surface area contributed by atoms with Crippen LogP contribution >= 0.6 is 0 Å². The first-order chi connectivity index (χ1) is 20.1. The second-order valence-corrected chi connectivity index (χ2v) is 11.0. The maximum atomic E-state index is 15.5. The number of ether oxygens (including phenoxy) is 1. The summed E-state index contributed by atoms with van der Waals surface area (Å²) < 4.78 is 77.9. The molecule has 8 nitrogen and oxygen atoms in total. The average Bonchev–Trinajstić information content (AvgIpc) is 3.80. The Kier molecular flexibility index (Phi) is 7.59. The minimum absolute atomic E-state index is 0.0696. The molecule has 1 atom stereocenters. The number of alkyl halides is 3. The third-order valence-electron chi connectivity index (χ3n) is 7.28. The first-order valence-electron chi connectivity index (χ1n) is 13.2. The highest BCUT2D eigenvalue weighted by molar-refractivity contribution is 6.00. The van der Waals surface area contributed by atoms with Crippen molar-refractivity contribution in [2.45, 2.75) is 50.0 Å². The third-order valence-corrected chi connectivity index (χ3v) is 7.28. The van der Waals surface area contributed by atoms with E-state index in [-0.39, 0.29) is 22.8 Å². The molecule has 0 spiro atoms. The highest BCUT2D eigenvalue weighted by atomic mass is 19.4. The molecular weight excluding hydrogens is 575 g/mol. The predicted molar refractivity (Wildman–Crippen MR) is 145 cm³/mol. The number of aromatic nitrogens is 3. The highest BCUT2D eigenvalue weighted by Gasteiger charge is 2.57. The van der Waals surface area contributed by atoms with Crippen LogP contribution < -0.4 is 10.1 Å². The minimum Gasteiger partial charge on any atom is -0.494 e. The van der Waals surface area contributed by atoms with Crippen LogP contribution in [-0.2, 0) is 11.2 Å². The number of methoxy groups -OCH3 is 1. The van der Waals surface area contributed by atoms with Crippen LogP contribution in [0, 0.1) is 11.6 Å². The van der Waals surface area contributed by atoms with Gasteiger partial charge in [0.25, 0.3) is 5.91 Å². The van der Waals surface area contributed by atoms with E-state index in [1.807, 2.05) is 0 Å². The van der Waals surface area contributed by atoms with Crippen molar-refractivity contribution in [3.63, 3.8) is 0 Å². The molecule has 2 aromatic heterocycles. The number of benzene rings is 2. The summed E-state index contributed by atoms with van der Waals surface area (Å²) in [5.41, 5.74) is -7.26. The molecule has 1 aliphatic rings. The molecule has 2 aromatic carbocycles. The van der Waals surface area contributed by atoms with Crippen molar-refractivity contribution in [3.8, 4) is 17.0 Å². The summed E-state index contributed by atoms with van der Waals surface area (Å²) in [6.07, 6.45) is -3.52. The van der Waals surface area contributed by atoms with E-state index in [1.54, 1.807) is 6.07 Å². The molecule has 4 aromatic rings. The predicted octanol–water partition coefficient (Wildman–Crippen LogP) is 5.26. The highest BCUT2D eigenvalue weighted by Crippen LogP contribution is 2.42. The molecule has 0 unspecified atom stereocenters. The number of carbonyl (C=O) groups is 1. The Morgan fingerprint density at radius 2 is 1.70 bits per heavy atom. The lowest BCUT2D eigenvalue weighted by Gasteiger charge is -2.32. The Bertz CT molecular complexity index is 1700. The molecule has 0 bridgehead atoms. The molecule has 0 aliphatic heterocycles. The van der Waals surface area contributed by atoms with Crippen LogP contribution in [0.2, 0.25) is 0 Å². The van der Waals surface area contributed by atoms with Crippen LogP contribution in [0.5, 0.6) is 5.75 Å². The third kappa shape index (κ3) is 5.87. The van der Waals surface area contributed by atoms with Gasteiger partial charge in [0.15, 0.2) is 5.82 Å². The van der Waals surface area contributed by atoms with Gasteiger partial charge in [0, 0.05) is 28.0 Å². The van der Waals surface area contributed by atoms with E-state index in [0.717, 1.165) is 56.6 Å². The van der Waals surface area contributed by atoms with Crippen LogP contribution in [-0.4, -0.2) is 51.1 Å². The molecular formula is C30H27F5N4O4. The van der Waals surface area contributed by atoms with E-state index in [0.29, 0.717) is 17.0 Å². The maximum absolute atomic E-state index is 15.5. The molecule has 43 heavy (non-hydrogen) atoms. The number of pyridine rings is 1. The zero-order chi connectivity index (χ0) is 31.3. The first kappa shape index (κ1) is 30.2. The van der Waals surface area contributed by atoms with Gasteiger partial charge in [-0.2, -0.15) is 18.3 Å². The Balaban J connectivity index is 1.54. The first-order valence-corrected chi connectivity index (χ1v) is 13.2. The smallest absolute Gasteiger partial charge is 0.424 e. The van der Waals surface area contributed by atoms with Gasteiger partial charge in [0.1, 0.15) is 22.8 Å². The molecule has 0 saturated heterocycles. The van der Waals surface area contributed by atoms with E-state index in [1.165, 1.54) is 19.2 Å². The van der Waals surface area contributed by atoms with Crippen molar-refractivity contribution < 1.29 is 41.7 Å². The number of nitrogens with zero attached hydrogens (tertiary/aromatic N) is 3. The summed E-state index contributed by atoms with van der Waals surface area (Å²) in [4.78, 5) is 16.9. The van der Waals surface area contributed by atoms with Crippen molar-refractivity contribution in [3.05, 3.63) is 82.7 Å². The number of carbonyl (C=O) groups excluding carboxylic acids is 1. The second-order valence-electron chi connectivity index (χ2n) is 11.0. The Morgan fingerprint density at radius 1 is 1.02 bits per heavy atom. The lowest BCUT2D eigenvalue weighted by Crippen LogP contribution is -2.51. The Morgan fingerprint density at radius 3 is 2.28 bits per heavy atom. The fourth-order valence-corrected chi connectivity index (χ4v) is 4.64. The van der Waals surface area contributed by atoms with Crippen LogP contribution in [0.4, 0.5) is 22.0 Å². The molecule has 13 heteroatoms. The normalized spacial score (nSPS) is 15.3. The molecule has 226 valence electrons. The summed E-state index contributed by atoms with van der Waals surface area (Å²) in [6.45, 7) is 0.874. The topological polar surface area (TPSA) is 117 Å². The standard InChI is InChI=1S/C30H27F5N4O4/c1-28(2,41)20-13-23(37-26(24(20)32)16-6-8-19(31)9-7-16)29(42,30(33,34)35)14-36-27(40)18-10-17-11-21(15-4-5-15)38-39-25(17)22(12-18)43-3/h6-13,15,41-42H,4-5,14H2,1-3H3,(H,36,40)/t29-/m0/s1. The second kappa shape index (κ2) is 10.8. The number of rotatable bonds is 8. The largest absolute Gasteiger partial charge is 0.494 e. The van der Waals surface area contributed by atoms with Gasteiger partial charge in [-0.3, -0.25) is 4.79 Å². The van der Waals surface area contributed by atoms with Gasteiger partial charge in [-0.15, -0.1) is 5.10 Å². The molecule has 1 amide bonds. The van der Waals surface area contributed by atoms with Crippen molar-refractivity contribution in [2.75, 3.05) is 13.7 Å². The van der Waals surface area contributed by atoms with Gasteiger partial charge in [0.05, 0.1) is 30.6 Å². The van der Waals surface area contributed by atoms with Gasteiger partial charge < -0.3 is 20.3 Å². The van der Waals surface area contributed by atoms with Crippen molar-refractivity contribution in [2.24, 2.45) is 0 Å². The molecule has 2 heterocycles. The zero-order valence-corrected chi connectivity index (χ0v) is 23.3. The van der Waals surface area contributed by atoms with E-state index in [4.69, 9.17) is 4.74 Å². The summed E-state index contributed by atoms with van der Waals surface area (Å²) >= 11 is 0. The number of aliphatic hydroxyl groups is 2. The van der Waals surface area contributed by atoms with Crippen LogP contribution in [0.15, 0.2) is 48.5 Å². The van der Waals surface area contributed by atoms with Crippen molar-refractivity contribution in [1.29, 1.82) is 0 Å². The molecule has 1 saturated carbocycles. The zero-order valence-electron chi connectivity index (χ0n) is 23.3. The van der Waals surface area contributed by atoms with Crippen molar-refractivity contribution >= 4 is 16.8 Å². The lowest BCUT2D eigenvalue weighted by atomic mass is 9.90. The van der Waals surface area contributed by atoms with E-state index in [2.05, 4.69) is 20.5 Å². The molecule has 3 N–H and O–H groups in total. The minimum atomic E-state index is -5.42. The number of halogens is 5. The Labute approximate surface area is 242 Å². The number of nitrogens with one attached hydrogen (secondary N) is 1. The van der Waals surface area contributed by atoms with E-state index < -0.39 is 58.4 Å². The molecule has 1 fully saturated rings. The fourth-order valence-electron chi connectivity index (χ4n) is 4.64. The summed E-state index contributed by atoms with van der Waals surface area (Å²) in [5, 5.41) is 32.6. The lowest BCUT2D eigenvalue weighted by molar-refractivity contribution is -0.265. The summed E-state index contributed by atoms with van der Waals surface area (Å²) in [5.74, 6) is -2.40. The quantitative estimate of drug-likeness (QED) is 0.236. The SMILES string of the molecule is COc1cc(C(=O)NC[C@](O)(c2cc(C(C)(C)O)c(F)c(-c3ccc(F)cc3)n2)C(F)(F)F)cc2cc(C3CC3)nnc12. The fraction of sp³-hybridized carbons (Fsp3) is 0.333. The summed E-state index contributed by atoms with van der Waals surface area (Å²) in [7, 11) is 1.34. The van der Waals surface area contributed by atoms with Gasteiger partial charge in [-0.05, 0) is 75.2 Å². The Hall–Kier alpha value is -4.23. The van der Waals surface area contributed by atoms with Gasteiger partial charge >= 0.3 is 6.18 Å². The van der Waals surface area contributed by atoms with Gasteiger partial charge in [-0.25, -0.2) is 13.8 Å². The van der Waals surface area contributed by atoms with Crippen molar-refractivity contribution in [1.82, 2.24) is 20.5 Å². The molecule has 1 aliphatic carbocycles. The number of hydrogen-bond donors (Lipinski definition) is 3. The number of amides is 1. The molecule has 5 rings (SSSR count). The van der Waals surface area contributed by atoms with Gasteiger partial charge in [0.2, 0.25) is 5.60 Å². The van der Waals surface area contributed by atoms with Crippen LogP contribution in [0.25, 0.3) is 22.2 Å². The number of fused-ring (bicyclic) bond motifs is 1. The number of hydrogen-bond acceptors (Lipinski definition) is 7. The van der Waals surface area contributed by atoms with Crippen LogP contribution in [0.1, 0.15) is 59.9 Å². The van der Waals surface area contributed by atoms with Crippen LogP contribution in [0.3, 0.4) is 0 Å². The average molecular weight is 603 g/mol. The van der Waals surface area contributed by atoms with E-state index >= 15 is 4.39 Å².